The van der Waals surface area contributed by atoms with Gasteiger partial charge in [0.2, 0.25) is 5.91 Å². The van der Waals surface area contributed by atoms with Crippen molar-refractivity contribution in [2.45, 2.75) is 26.3 Å². The van der Waals surface area contributed by atoms with Crippen molar-refractivity contribution in [1.82, 2.24) is 10.5 Å². The topological polar surface area (TPSA) is 55.1 Å². The number of benzene rings is 2. The number of rotatable bonds is 6. The van der Waals surface area contributed by atoms with Gasteiger partial charge < -0.3 is 9.84 Å². The van der Waals surface area contributed by atoms with Gasteiger partial charge in [0.1, 0.15) is 17.8 Å². The molecule has 0 fully saturated rings. The first kappa shape index (κ1) is 18.1. The molecule has 2 aromatic carbocycles. The van der Waals surface area contributed by atoms with Gasteiger partial charge in [-0.2, -0.15) is 0 Å². The molecule has 3 aromatic rings. The van der Waals surface area contributed by atoms with E-state index in [1.807, 2.05) is 31.2 Å². The standard InChI is InChI=1S/C20H18ClFN2O2/c1-13-3-2-4-14(9-13)20-16(12-26-24-20)6-8-19(25)23-11-15-5-7-17(22)10-18(15)21/h2-5,7,9-10,12H,6,8,11H2,1H3,(H,23,25). The van der Waals surface area contributed by atoms with Gasteiger partial charge in [0.25, 0.3) is 0 Å². The monoisotopic (exact) mass is 372 g/mol. The lowest BCUT2D eigenvalue weighted by Crippen LogP contribution is -2.23. The van der Waals surface area contributed by atoms with Gasteiger partial charge in [0.05, 0.1) is 0 Å². The van der Waals surface area contributed by atoms with E-state index in [0.717, 1.165) is 22.4 Å². The molecule has 0 aliphatic heterocycles. The van der Waals surface area contributed by atoms with E-state index in [9.17, 15) is 9.18 Å². The fourth-order valence-corrected chi connectivity index (χ4v) is 2.89. The van der Waals surface area contributed by atoms with E-state index < -0.39 is 5.82 Å². The lowest BCUT2D eigenvalue weighted by atomic mass is 10.0. The van der Waals surface area contributed by atoms with Gasteiger partial charge in [-0.15, -0.1) is 0 Å². The molecule has 0 unspecified atom stereocenters. The summed E-state index contributed by atoms with van der Waals surface area (Å²) in [7, 11) is 0. The lowest BCUT2D eigenvalue weighted by Gasteiger charge is -2.07. The number of amides is 1. The van der Waals surface area contributed by atoms with Crippen LogP contribution in [0.2, 0.25) is 5.02 Å². The molecule has 134 valence electrons. The van der Waals surface area contributed by atoms with E-state index >= 15 is 0 Å². The summed E-state index contributed by atoms with van der Waals surface area (Å²) >= 11 is 5.96. The third-order valence-electron chi connectivity index (χ3n) is 4.05. The van der Waals surface area contributed by atoms with Crippen LogP contribution in [0.25, 0.3) is 11.3 Å². The summed E-state index contributed by atoms with van der Waals surface area (Å²) in [4.78, 5) is 12.1. The van der Waals surface area contributed by atoms with E-state index in [1.165, 1.54) is 12.1 Å². The van der Waals surface area contributed by atoms with Gasteiger partial charge in [-0.25, -0.2) is 4.39 Å². The number of nitrogens with one attached hydrogen (secondary N) is 1. The smallest absolute Gasteiger partial charge is 0.220 e. The fraction of sp³-hybridized carbons (Fsp3) is 0.200. The summed E-state index contributed by atoms with van der Waals surface area (Å²) in [6, 6.07) is 12.1. The van der Waals surface area contributed by atoms with Crippen LogP contribution >= 0.6 is 11.6 Å². The number of carbonyl (C=O) groups excluding carboxylic acids is 1. The number of aromatic nitrogens is 1. The Labute approximate surface area is 156 Å². The van der Waals surface area contributed by atoms with Crippen LogP contribution in [-0.2, 0) is 17.8 Å². The highest BCUT2D eigenvalue weighted by molar-refractivity contribution is 6.31. The van der Waals surface area contributed by atoms with Crippen LogP contribution in [0.3, 0.4) is 0 Å². The Bertz CT molecular complexity index is 924. The minimum atomic E-state index is -0.402. The van der Waals surface area contributed by atoms with Gasteiger partial charge in [0.15, 0.2) is 0 Å². The maximum absolute atomic E-state index is 13.0. The van der Waals surface area contributed by atoms with Gasteiger partial charge in [0, 0.05) is 29.1 Å². The average molecular weight is 373 g/mol. The van der Waals surface area contributed by atoms with Crippen molar-refractivity contribution in [1.29, 1.82) is 0 Å². The van der Waals surface area contributed by atoms with E-state index in [4.69, 9.17) is 16.1 Å². The second-order valence-electron chi connectivity index (χ2n) is 6.07. The molecule has 0 atom stereocenters. The van der Waals surface area contributed by atoms with Crippen LogP contribution < -0.4 is 5.32 Å². The second-order valence-corrected chi connectivity index (χ2v) is 6.48. The second kappa shape index (κ2) is 8.15. The molecule has 1 amide bonds. The number of hydrogen-bond donors (Lipinski definition) is 1. The van der Waals surface area contributed by atoms with Crippen LogP contribution in [0.15, 0.2) is 53.3 Å². The van der Waals surface area contributed by atoms with Crippen LogP contribution in [0.5, 0.6) is 0 Å². The van der Waals surface area contributed by atoms with Crippen molar-refractivity contribution in [2.24, 2.45) is 0 Å². The highest BCUT2D eigenvalue weighted by Crippen LogP contribution is 2.24. The highest BCUT2D eigenvalue weighted by Gasteiger charge is 2.12. The zero-order valence-electron chi connectivity index (χ0n) is 14.3. The van der Waals surface area contributed by atoms with Crippen molar-refractivity contribution in [3.05, 3.63) is 76.3 Å². The molecule has 0 bridgehead atoms. The van der Waals surface area contributed by atoms with Crippen molar-refractivity contribution < 1.29 is 13.7 Å². The summed E-state index contributed by atoms with van der Waals surface area (Å²) < 4.78 is 18.1. The third kappa shape index (κ3) is 4.49. The Morgan fingerprint density at radius 1 is 1.23 bits per heavy atom. The maximum atomic E-state index is 13.0. The fourth-order valence-electron chi connectivity index (χ4n) is 2.66. The SMILES string of the molecule is Cc1cccc(-c2nocc2CCC(=O)NCc2ccc(F)cc2Cl)c1. The molecule has 1 N–H and O–H groups in total. The van der Waals surface area contributed by atoms with Crippen molar-refractivity contribution in [3.8, 4) is 11.3 Å². The summed E-state index contributed by atoms with van der Waals surface area (Å²) in [5.41, 5.74) is 4.40. The minimum absolute atomic E-state index is 0.123. The Hall–Kier alpha value is -2.66. The van der Waals surface area contributed by atoms with Gasteiger partial charge in [-0.05, 0) is 37.1 Å². The molecule has 0 radical (unpaired) electrons. The molecule has 1 heterocycles. The molecule has 4 nitrogen and oxygen atoms in total. The number of aryl methyl sites for hydroxylation is 2. The molecular formula is C20H18ClFN2O2. The third-order valence-corrected chi connectivity index (χ3v) is 4.40. The first-order valence-electron chi connectivity index (χ1n) is 8.24. The molecule has 0 aliphatic carbocycles. The molecule has 0 spiro atoms. The Kier molecular flexibility index (Phi) is 5.68. The first-order chi connectivity index (χ1) is 12.5. The van der Waals surface area contributed by atoms with E-state index in [2.05, 4.69) is 10.5 Å². The minimum Gasteiger partial charge on any atom is -0.364 e. The molecule has 1 aromatic heterocycles. The zero-order valence-corrected chi connectivity index (χ0v) is 15.0. The maximum Gasteiger partial charge on any atom is 0.220 e. The molecule has 6 heteroatoms. The van der Waals surface area contributed by atoms with E-state index in [-0.39, 0.29) is 12.5 Å². The van der Waals surface area contributed by atoms with Gasteiger partial charge in [-0.3, -0.25) is 4.79 Å². The number of nitrogens with zero attached hydrogens (tertiary/aromatic N) is 1. The number of carbonyl (C=O) groups is 1. The summed E-state index contributed by atoms with van der Waals surface area (Å²) in [6.07, 6.45) is 2.37. The average Bonchev–Trinajstić information content (AvgIpc) is 3.08. The van der Waals surface area contributed by atoms with Gasteiger partial charge >= 0.3 is 0 Å². The van der Waals surface area contributed by atoms with Crippen molar-refractivity contribution in [3.63, 3.8) is 0 Å². The van der Waals surface area contributed by atoms with Crippen LogP contribution in [0.4, 0.5) is 4.39 Å². The molecule has 26 heavy (non-hydrogen) atoms. The quantitative estimate of drug-likeness (QED) is 0.682. The normalized spacial score (nSPS) is 10.7. The molecule has 3 rings (SSSR count). The molecule has 0 saturated carbocycles. The highest BCUT2D eigenvalue weighted by atomic mass is 35.5. The zero-order chi connectivity index (χ0) is 18.5. The lowest BCUT2D eigenvalue weighted by molar-refractivity contribution is -0.121. The van der Waals surface area contributed by atoms with E-state index in [1.54, 1.807) is 12.3 Å². The molecular weight excluding hydrogens is 355 g/mol. The molecule has 0 saturated heterocycles. The predicted molar refractivity (Wildman–Crippen MR) is 98.3 cm³/mol. The predicted octanol–water partition coefficient (Wildman–Crippen LogP) is 4.69. The van der Waals surface area contributed by atoms with E-state index in [0.29, 0.717) is 23.4 Å². The largest absolute Gasteiger partial charge is 0.364 e. The van der Waals surface area contributed by atoms with Gasteiger partial charge in [-0.1, -0.05) is 46.6 Å². The van der Waals surface area contributed by atoms with Crippen molar-refractivity contribution >= 4 is 17.5 Å². The van der Waals surface area contributed by atoms with Crippen LogP contribution in [0, 0.1) is 12.7 Å². The molecule has 0 aliphatic rings. The van der Waals surface area contributed by atoms with Crippen LogP contribution in [0.1, 0.15) is 23.1 Å². The summed E-state index contributed by atoms with van der Waals surface area (Å²) in [5.74, 6) is -0.525. The number of hydrogen-bond acceptors (Lipinski definition) is 3. The van der Waals surface area contributed by atoms with Crippen LogP contribution in [-0.4, -0.2) is 11.1 Å². The summed E-state index contributed by atoms with van der Waals surface area (Å²) in [5, 5.41) is 7.15. The Morgan fingerprint density at radius 2 is 2.08 bits per heavy atom. The first-order valence-corrected chi connectivity index (χ1v) is 8.61. The Balaban J connectivity index is 1.58. The van der Waals surface area contributed by atoms with Crippen molar-refractivity contribution in [2.75, 3.05) is 0 Å². The Morgan fingerprint density at radius 3 is 2.85 bits per heavy atom. The number of halogens is 2. The summed E-state index contributed by atoms with van der Waals surface area (Å²) in [6.45, 7) is 2.27.